The number of thioether (sulfide) groups is 1. The van der Waals surface area contributed by atoms with Gasteiger partial charge in [-0.2, -0.15) is 0 Å². The fourth-order valence-electron chi connectivity index (χ4n) is 2.57. The molecule has 0 saturated carbocycles. The predicted octanol–water partition coefficient (Wildman–Crippen LogP) is 3.46. The number of benzene rings is 2. The largest absolute Gasteiger partial charge is 0.497 e. The fourth-order valence-corrected chi connectivity index (χ4v) is 4.14. The lowest BCUT2D eigenvalue weighted by Crippen LogP contribution is -2.35. The number of nitrogens with zero attached hydrogens (tertiary/aromatic N) is 2. The average molecular weight is 460 g/mol. The topological polar surface area (TPSA) is 124 Å². The van der Waals surface area contributed by atoms with Crippen LogP contribution in [0, 0.1) is 0 Å². The molecular weight excluding hydrogens is 442 g/mol. The summed E-state index contributed by atoms with van der Waals surface area (Å²) < 4.78 is 16.2. The highest BCUT2D eigenvalue weighted by Crippen LogP contribution is 2.34. The Morgan fingerprint density at radius 3 is 2.87 bits per heavy atom. The summed E-state index contributed by atoms with van der Waals surface area (Å²) in [6.45, 7) is 0.142. The number of methoxy groups -OCH3 is 1. The predicted molar refractivity (Wildman–Crippen MR) is 117 cm³/mol. The molecule has 3 N–H and O–H groups in total. The first-order valence-corrected chi connectivity index (χ1v) is 10.8. The second-order valence-electron chi connectivity index (χ2n) is 6.09. The lowest BCUT2D eigenvalue weighted by atomic mass is 10.3. The Bertz CT molecular complexity index is 1110. The standard InChI is InChI=1S/C19H17N5O5S2/c1-27-13-4-2-3-11(7-13)21-18-23-24-19(31-18)30-9-16(25)22-17(26)20-12-5-6-14-15(8-12)29-10-28-14/h2-8H,9-10H2,1H3,(H,21,23)(H2,20,22,25,26). The molecule has 12 heteroatoms. The summed E-state index contributed by atoms with van der Waals surface area (Å²) in [6, 6.07) is 11.7. The molecule has 4 rings (SSSR count). The molecule has 160 valence electrons. The number of fused-ring (bicyclic) bond motifs is 1. The van der Waals surface area contributed by atoms with E-state index >= 15 is 0 Å². The van der Waals surface area contributed by atoms with E-state index in [1.165, 1.54) is 23.1 Å². The van der Waals surface area contributed by atoms with Crippen LogP contribution in [0.2, 0.25) is 0 Å². The molecule has 0 radical (unpaired) electrons. The van der Waals surface area contributed by atoms with Crippen molar-refractivity contribution in [2.24, 2.45) is 0 Å². The van der Waals surface area contributed by atoms with Crippen molar-refractivity contribution < 1.29 is 23.8 Å². The number of urea groups is 1. The molecule has 0 saturated heterocycles. The van der Waals surface area contributed by atoms with E-state index in [0.29, 0.717) is 26.7 Å². The second kappa shape index (κ2) is 9.53. The van der Waals surface area contributed by atoms with Crippen molar-refractivity contribution in [3.63, 3.8) is 0 Å². The number of rotatable bonds is 7. The molecule has 31 heavy (non-hydrogen) atoms. The molecule has 0 atom stereocenters. The van der Waals surface area contributed by atoms with Crippen molar-refractivity contribution in [2.45, 2.75) is 4.34 Å². The van der Waals surface area contributed by atoms with Crippen molar-refractivity contribution in [3.05, 3.63) is 42.5 Å². The number of aromatic nitrogens is 2. The number of carbonyl (C=O) groups is 2. The summed E-state index contributed by atoms with van der Waals surface area (Å²) in [5, 5.41) is 16.7. The van der Waals surface area contributed by atoms with Gasteiger partial charge in [-0.1, -0.05) is 29.2 Å². The van der Waals surface area contributed by atoms with Crippen LogP contribution in [0.1, 0.15) is 0 Å². The van der Waals surface area contributed by atoms with Crippen LogP contribution in [0.15, 0.2) is 46.8 Å². The van der Waals surface area contributed by atoms with Gasteiger partial charge < -0.3 is 24.8 Å². The van der Waals surface area contributed by atoms with Crippen LogP contribution in [0.5, 0.6) is 17.2 Å². The molecule has 0 fully saturated rings. The monoisotopic (exact) mass is 459 g/mol. The first kappa shape index (κ1) is 20.8. The Labute approximate surface area is 185 Å². The highest BCUT2D eigenvalue weighted by Gasteiger charge is 2.15. The van der Waals surface area contributed by atoms with E-state index in [-0.39, 0.29) is 12.5 Å². The maximum atomic E-state index is 12.1. The number of nitrogens with one attached hydrogen (secondary N) is 3. The maximum Gasteiger partial charge on any atom is 0.325 e. The van der Waals surface area contributed by atoms with Gasteiger partial charge in [0.05, 0.1) is 12.9 Å². The van der Waals surface area contributed by atoms with Crippen LogP contribution in [-0.2, 0) is 4.79 Å². The van der Waals surface area contributed by atoms with E-state index in [9.17, 15) is 9.59 Å². The third kappa shape index (κ3) is 5.55. The molecule has 0 unspecified atom stereocenters. The zero-order chi connectivity index (χ0) is 21.6. The number of imide groups is 1. The van der Waals surface area contributed by atoms with Crippen LogP contribution in [0.25, 0.3) is 0 Å². The van der Waals surface area contributed by atoms with Crippen molar-refractivity contribution in [3.8, 4) is 17.2 Å². The lowest BCUT2D eigenvalue weighted by molar-refractivity contribution is -0.117. The van der Waals surface area contributed by atoms with Gasteiger partial charge in [-0.05, 0) is 24.3 Å². The zero-order valence-corrected chi connectivity index (χ0v) is 17.8. The molecule has 2 aromatic carbocycles. The van der Waals surface area contributed by atoms with Crippen molar-refractivity contribution in [1.29, 1.82) is 0 Å². The van der Waals surface area contributed by atoms with Gasteiger partial charge in [0.2, 0.25) is 17.8 Å². The molecule has 0 aliphatic carbocycles. The Hall–Kier alpha value is -3.51. The summed E-state index contributed by atoms with van der Waals surface area (Å²) >= 11 is 2.48. The quantitative estimate of drug-likeness (QED) is 0.456. The minimum absolute atomic E-state index is 0.0162. The highest BCUT2D eigenvalue weighted by atomic mass is 32.2. The van der Waals surface area contributed by atoms with Crippen molar-refractivity contribution >= 4 is 51.5 Å². The summed E-state index contributed by atoms with van der Waals surface area (Å²) in [5.41, 5.74) is 1.30. The van der Waals surface area contributed by atoms with Crippen LogP contribution < -0.4 is 30.2 Å². The van der Waals surface area contributed by atoms with Gasteiger partial charge in [0.15, 0.2) is 15.8 Å². The molecule has 1 aliphatic rings. The lowest BCUT2D eigenvalue weighted by Gasteiger charge is -2.07. The Balaban J connectivity index is 1.24. The molecule has 10 nitrogen and oxygen atoms in total. The molecule has 3 amide bonds. The summed E-state index contributed by atoms with van der Waals surface area (Å²) in [4.78, 5) is 24.1. The Morgan fingerprint density at radius 2 is 2.00 bits per heavy atom. The average Bonchev–Trinajstić information content (AvgIpc) is 3.41. The minimum atomic E-state index is -0.637. The SMILES string of the molecule is COc1cccc(Nc2nnc(SCC(=O)NC(=O)Nc3ccc4c(c3)OCO4)s2)c1. The third-order valence-electron chi connectivity index (χ3n) is 3.94. The van der Waals surface area contributed by atoms with Crippen LogP contribution in [-0.4, -0.2) is 41.8 Å². The number of carbonyl (C=O) groups excluding carboxylic acids is 2. The van der Waals surface area contributed by atoms with Crippen LogP contribution in [0.3, 0.4) is 0 Å². The molecule has 0 bridgehead atoms. The van der Waals surface area contributed by atoms with E-state index in [1.807, 2.05) is 24.3 Å². The molecule has 3 aromatic rings. The first-order chi connectivity index (χ1) is 15.1. The second-order valence-corrected chi connectivity index (χ2v) is 8.29. The van der Waals surface area contributed by atoms with E-state index in [1.54, 1.807) is 25.3 Å². The van der Waals surface area contributed by atoms with Gasteiger partial charge in [-0.3, -0.25) is 10.1 Å². The van der Waals surface area contributed by atoms with Crippen LogP contribution in [0.4, 0.5) is 21.3 Å². The zero-order valence-electron chi connectivity index (χ0n) is 16.2. The Morgan fingerprint density at radius 1 is 1.13 bits per heavy atom. The molecule has 1 aromatic heterocycles. The van der Waals surface area contributed by atoms with Gasteiger partial charge in [0.1, 0.15) is 5.75 Å². The smallest absolute Gasteiger partial charge is 0.325 e. The third-order valence-corrected chi connectivity index (χ3v) is 5.91. The van der Waals surface area contributed by atoms with Crippen molar-refractivity contribution in [2.75, 3.05) is 30.3 Å². The van der Waals surface area contributed by atoms with E-state index < -0.39 is 11.9 Å². The molecule has 0 spiro atoms. The molecule has 1 aliphatic heterocycles. The van der Waals surface area contributed by atoms with Gasteiger partial charge in [-0.15, -0.1) is 10.2 Å². The summed E-state index contributed by atoms with van der Waals surface area (Å²) in [6.07, 6.45) is 0. The van der Waals surface area contributed by atoms with E-state index in [0.717, 1.165) is 11.4 Å². The maximum absolute atomic E-state index is 12.1. The number of anilines is 3. The normalized spacial score (nSPS) is 11.6. The summed E-state index contributed by atoms with van der Waals surface area (Å²) in [7, 11) is 1.60. The number of ether oxygens (including phenoxy) is 3. The molecular formula is C19H17N5O5S2. The van der Waals surface area contributed by atoms with E-state index in [2.05, 4.69) is 26.1 Å². The van der Waals surface area contributed by atoms with E-state index in [4.69, 9.17) is 14.2 Å². The first-order valence-electron chi connectivity index (χ1n) is 8.97. The number of hydrogen-bond donors (Lipinski definition) is 3. The van der Waals surface area contributed by atoms with Gasteiger partial charge >= 0.3 is 6.03 Å². The summed E-state index contributed by atoms with van der Waals surface area (Å²) in [5.74, 6) is 1.42. The van der Waals surface area contributed by atoms with Crippen LogP contribution >= 0.6 is 23.1 Å². The van der Waals surface area contributed by atoms with Crippen molar-refractivity contribution in [1.82, 2.24) is 15.5 Å². The minimum Gasteiger partial charge on any atom is -0.497 e. The molecule has 2 heterocycles. The Kier molecular flexibility index (Phi) is 6.38. The number of hydrogen-bond acceptors (Lipinski definition) is 10. The fraction of sp³-hybridized carbons (Fsp3) is 0.158. The number of amides is 3. The van der Waals surface area contributed by atoms with Gasteiger partial charge in [0.25, 0.3) is 0 Å². The van der Waals surface area contributed by atoms with Gasteiger partial charge in [0, 0.05) is 23.5 Å². The highest BCUT2D eigenvalue weighted by molar-refractivity contribution is 8.01. The van der Waals surface area contributed by atoms with Gasteiger partial charge in [-0.25, -0.2) is 4.79 Å².